The molecule has 1 fully saturated rings. The lowest BCUT2D eigenvalue weighted by atomic mass is 10.1. The van der Waals surface area contributed by atoms with Crippen LogP contribution in [0.3, 0.4) is 0 Å². The largest absolute Gasteiger partial charge is 0.384 e. The molecule has 2 rings (SSSR count). The summed E-state index contributed by atoms with van der Waals surface area (Å²) in [5.41, 5.74) is 0.710. The van der Waals surface area contributed by atoms with Crippen molar-refractivity contribution >= 4 is 15.5 Å². The van der Waals surface area contributed by atoms with E-state index in [4.69, 9.17) is 0 Å². The minimum absolute atomic E-state index is 0.381. The van der Waals surface area contributed by atoms with Crippen LogP contribution in [-0.4, -0.2) is 34.3 Å². The molecule has 1 aromatic carbocycles. The summed E-state index contributed by atoms with van der Waals surface area (Å²) in [6.45, 7) is 2.88. The van der Waals surface area contributed by atoms with E-state index in [2.05, 4.69) is 10.6 Å². The third kappa shape index (κ3) is 3.20. The highest BCUT2D eigenvalue weighted by molar-refractivity contribution is 7.90. The molecule has 17 heavy (non-hydrogen) atoms. The average Bonchev–Trinajstić information content (AvgIpc) is 2.78. The summed E-state index contributed by atoms with van der Waals surface area (Å²) in [5.74, 6) is 0.586. The van der Waals surface area contributed by atoms with Gasteiger partial charge in [0.25, 0.3) is 0 Å². The fraction of sp³-hybridized carbons (Fsp3) is 0.500. The second-order valence-corrected chi connectivity index (χ2v) is 6.49. The Labute approximate surface area is 102 Å². The number of anilines is 1. The molecule has 5 heteroatoms. The van der Waals surface area contributed by atoms with Gasteiger partial charge in [-0.05, 0) is 37.6 Å². The third-order valence-electron chi connectivity index (χ3n) is 3.03. The van der Waals surface area contributed by atoms with Gasteiger partial charge in [0.2, 0.25) is 0 Å². The summed E-state index contributed by atoms with van der Waals surface area (Å²) in [5, 5.41) is 6.54. The van der Waals surface area contributed by atoms with E-state index in [0.717, 1.165) is 26.1 Å². The van der Waals surface area contributed by atoms with E-state index in [0.29, 0.717) is 16.5 Å². The zero-order chi connectivity index (χ0) is 12.3. The molecular weight excluding hydrogens is 236 g/mol. The number of benzene rings is 1. The summed E-state index contributed by atoms with van der Waals surface area (Å²) < 4.78 is 23.2. The first kappa shape index (κ1) is 12.4. The fourth-order valence-electron chi connectivity index (χ4n) is 2.08. The maximum absolute atomic E-state index is 11.6. The summed E-state index contributed by atoms with van der Waals surface area (Å²) in [7, 11) is -3.16. The van der Waals surface area contributed by atoms with E-state index in [1.54, 1.807) is 12.1 Å². The predicted molar refractivity (Wildman–Crippen MR) is 69.0 cm³/mol. The van der Waals surface area contributed by atoms with Crippen molar-refractivity contribution in [1.82, 2.24) is 5.32 Å². The molecule has 0 saturated carbocycles. The highest BCUT2D eigenvalue weighted by atomic mass is 32.2. The molecule has 0 aliphatic carbocycles. The number of hydrogen-bond acceptors (Lipinski definition) is 4. The van der Waals surface area contributed by atoms with Gasteiger partial charge in [-0.15, -0.1) is 0 Å². The van der Waals surface area contributed by atoms with Crippen LogP contribution in [0.5, 0.6) is 0 Å². The SMILES string of the molecule is CS(=O)(=O)c1ccccc1NCC1CCNC1. The van der Waals surface area contributed by atoms with E-state index in [-0.39, 0.29) is 0 Å². The van der Waals surface area contributed by atoms with Gasteiger partial charge in [-0.2, -0.15) is 0 Å². The summed E-state index contributed by atoms with van der Waals surface area (Å²) >= 11 is 0. The first-order chi connectivity index (χ1) is 8.07. The number of sulfone groups is 1. The van der Waals surface area contributed by atoms with E-state index in [9.17, 15) is 8.42 Å². The number of rotatable bonds is 4. The lowest BCUT2D eigenvalue weighted by molar-refractivity contribution is 0.600. The van der Waals surface area contributed by atoms with E-state index in [1.807, 2.05) is 12.1 Å². The van der Waals surface area contributed by atoms with Crippen LogP contribution in [0.15, 0.2) is 29.2 Å². The Bertz CT molecular complexity index is 479. The molecule has 1 unspecified atom stereocenters. The minimum Gasteiger partial charge on any atom is -0.384 e. The number of para-hydroxylation sites is 1. The second-order valence-electron chi connectivity index (χ2n) is 4.51. The fourth-order valence-corrected chi connectivity index (χ4v) is 2.94. The molecule has 94 valence electrons. The highest BCUT2D eigenvalue weighted by Gasteiger charge is 2.16. The van der Waals surface area contributed by atoms with E-state index < -0.39 is 9.84 Å². The van der Waals surface area contributed by atoms with Crippen LogP contribution in [0, 0.1) is 5.92 Å². The molecule has 0 bridgehead atoms. The molecule has 0 radical (unpaired) electrons. The molecule has 1 aliphatic rings. The van der Waals surface area contributed by atoms with Crippen molar-refractivity contribution in [2.75, 3.05) is 31.2 Å². The quantitative estimate of drug-likeness (QED) is 0.845. The Morgan fingerprint density at radius 1 is 1.41 bits per heavy atom. The third-order valence-corrected chi connectivity index (χ3v) is 4.19. The van der Waals surface area contributed by atoms with Crippen molar-refractivity contribution in [3.05, 3.63) is 24.3 Å². The molecule has 1 saturated heterocycles. The van der Waals surface area contributed by atoms with Crippen LogP contribution < -0.4 is 10.6 Å². The van der Waals surface area contributed by atoms with Gasteiger partial charge in [0.05, 0.1) is 10.6 Å². The standard InChI is InChI=1S/C12H18N2O2S/c1-17(15,16)12-5-3-2-4-11(12)14-9-10-6-7-13-8-10/h2-5,10,13-14H,6-9H2,1H3. The van der Waals surface area contributed by atoms with Crippen LogP contribution >= 0.6 is 0 Å². The molecule has 1 heterocycles. The molecule has 4 nitrogen and oxygen atoms in total. The predicted octanol–water partition coefficient (Wildman–Crippen LogP) is 1.11. The minimum atomic E-state index is -3.16. The van der Waals surface area contributed by atoms with Gasteiger partial charge in [-0.1, -0.05) is 12.1 Å². The summed E-state index contributed by atoms with van der Waals surface area (Å²) in [6, 6.07) is 7.06. The highest BCUT2D eigenvalue weighted by Crippen LogP contribution is 2.21. The Hall–Kier alpha value is -1.07. The molecule has 1 atom stereocenters. The van der Waals surface area contributed by atoms with Crippen LogP contribution in [0.4, 0.5) is 5.69 Å². The smallest absolute Gasteiger partial charge is 0.177 e. The Morgan fingerprint density at radius 2 is 2.18 bits per heavy atom. The van der Waals surface area contributed by atoms with Crippen molar-refractivity contribution in [3.8, 4) is 0 Å². The van der Waals surface area contributed by atoms with Crippen molar-refractivity contribution < 1.29 is 8.42 Å². The lowest BCUT2D eigenvalue weighted by Gasteiger charge is -2.13. The monoisotopic (exact) mass is 254 g/mol. The molecule has 0 spiro atoms. The van der Waals surface area contributed by atoms with Gasteiger partial charge in [0.15, 0.2) is 9.84 Å². The maximum atomic E-state index is 11.6. The van der Waals surface area contributed by atoms with E-state index in [1.165, 1.54) is 6.26 Å². The molecule has 2 N–H and O–H groups in total. The maximum Gasteiger partial charge on any atom is 0.177 e. The van der Waals surface area contributed by atoms with Crippen molar-refractivity contribution in [1.29, 1.82) is 0 Å². The van der Waals surface area contributed by atoms with Crippen molar-refractivity contribution in [3.63, 3.8) is 0 Å². The van der Waals surface area contributed by atoms with Gasteiger partial charge in [0.1, 0.15) is 0 Å². The van der Waals surface area contributed by atoms with Gasteiger partial charge < -0.3 is 10.6 Å². The first-order valence-corrected chi connectivity index (χ1v) is 7.70. The Kier molecular flexibility index (Phi) is 3.69. The Balaban J connectivity index is 2.09. The first-order valence-electron chi connectivity index (χ1n) is 5.81. The zero-order valence-corrected chi connectivity index (χ0v) is 10.8. The van der Waals surface area contributed by atoms with Crippen LogP contribution in [0.2, 0.25) is 0 Å². The second kappa shape index (κ2) is 5.06. The van der Waals surface area contributed by atoms with Gasteiger partial charge >= 0.3 is 0 Å². The van der Waals surface area contributed by atoms with Crippen LogP contribution in [-0.2, 0) is 9.84 Å². The summed E-state index contributed by atoms with van der Waals surface area (Å²) in [4.78, 5) is 0.381. The van der Waals surface area contributed by atoms with Gasteiger partial charge in [-0.25, -0.2) is 8.42 Å². The normalized spacial score (nSPS) is 20.4. The molecule has 0 aromatic heterocycles. The van der Waals surface area contributed by atoms with Gasteiger partial charge in [0, 0.05) is 12.8 Å². The van der Waals surface area contributed by atoms with Crippen LogP contribution in [0.25, 0.3) is 0 Å². The lowest BCUT2D eigenvalue weighted by Crippen LogP contribution is -2.18. The molecule has 0 amide bonds. The average molecular weight is 254 g/mol. The van der Waals surface area contributed by atoms with Gasteiger partial charge in [-0.3, -0.25) is 0 Å². The topological polar surface area (TPSA) is 58.2 Å². The summed E-state index contributed by atoms with van der Waals surface area (Å²) in [6.07, 6.45) is 2.39. The van der Waals surface area contributed by atoms with Crippen molar-refractivity contribution in [2.24, 2.45) is 5.92 Å². The number of nitrogens with one attached hydrogen (secondary N) is 2. The van der Waals surface area contributed by atoms with Crippen molar-refractivity contribution in [2.45, 2.75) is 11.3 Å². The Morgan fingerprint density at radius 3 is 2.82 bits per heavy atom. The molecular formula is C12H18N2O2S. The molecule has 1 aromatic rings. The van der Waals surface area contributed by atoms with Crippen LogP contribution in [0.1, 0.15) is 6.42 Å². The zero-order valence-electron chi connectivity index (χ0n) is 9.94. The number of hydrogen-bond donors (Lipinski definition) is 2. The van der Waals surface area contributed by atoms with E-state index >= 15 is 0 Å². The molecule has 1 aliphatic heterocycles.